The van der Waals surface area contributed by atoms with Crippen molar-refractivity contribution in [1.82, 2.24) is 9.80 Å². The monoisotopic (exact) mass is 784 g/mol. The third-order valence-corrected chi connectivity index (χ3v) is 6.37. The van der Waals surface area contributed by atoms with E-state index >= 15 is 0 Å². The van der Waals surface area contributed by atoms with E-state index in [0.717, 1.165) is 25.4 Å². The van der Waals surface area contributed by atoms with Gasteiger partial charge in [-0.15, -0.1) is 0 Å². The third-order valence-electron chi connectivity index (χ3n) is 6.37. The third kappa shape index (κ3) is 43.9. The van der Waals surface area contributed by atoms with Gasteiger partial charge < -0.3 is 24.0 Å². The Kier molecular flexibility index (Phi) is 54.7. The molecule has 0 amide bonds. The minimum atomic E-state index is -0.579. The molecule has 2 aromatic rings. The second kappa shape index (κ2) is 50.5. The average molecular weight is 784 g/mol. The van der Waals surface area contributed by atoms with Gasteiger partial charge in [0.15, 0.2) is 0 Å². The van der Waals surface area contributed by atoms with E-state index in [1.807, 2.05) is 106 Å². The van der Waals surface area contributed by atoms with Gasteiger partial charge in [-0.2, -0.15) is 0 Å². The van der Waals surface area contributed by atoms with Gasteiger partial charge in [0.1, 0.15) is 6.61 Å². The molecule has 0 spiro atoms. The van der Waals surface area contributed by atoms with Crippen molar-refractivity contribution in [2.75, 3.05) is 67.1 Å². The maximum Gasteiger partial charge on any atom is 0.338 e. The number of fused-ring (bicyclic) bond motifs is 1. The quantitative estimate of drug-likeness (QED) is 0.0697. The van der Waals surface area contributed by atoms with Crippen LogP contribution >= 0.6 is 0 Å². The molecule has 3 saturated heterocycles. The zero-order valence-corrected chi connectivity index (χ0v) is 37.3. The number of cyclic esters (lactones) is 3. The Morgan fingerprint density at radius 3 is 1.14 bits per heavy atom. The maximum absolute atomic E-state index is 9.93. The molecule has 1 aliphatic carbocycles. The van der Waals surface area contributed by atoms with E-state index in [-0.39, 0.29) is 5.97 Å². The smallest absolute Gasteiger partial charge is 0.338 e. The van der Waals surface area contributed by atoms with Gasteiger partial charge in [0.05, 0.1) is 0 Å². The first-order valence-electron chi connectivity index (χ1n) is 20.2. The van der Waals surface area contributed by atoms with Crippen LogP contribution in [0.2, 0.25) is 0 Å². The average Bonchev–Trinajstić information content (AvgIpc) is 3.67. The molecule has 0 saturated carbocycles. The van der Waals surface area contributed by atoms with Crippen molar-refractivity contribution >= 4 is 24.0 Å². The van der Waals surface area contributed by atoms with E-state index in [1.54, 1.807) is 17.2 Å². The number of hydrogen-bond donors (Lipinski definition) is 0. The van der Waals surface area contributed by atoms with Crippen LogP contribution in [0.5, 0.6) is 0 Å². The normalized spacial score (nSPS) is 14.2. The molecule has 0 radical (unpaired) electrons. The Balaban J connectivity index is -0.000000173. The first-order valence-corrected chi connectivity index (χ1v) is 20.2. The number of ether oxygens (including phenoxy) is 3. The summed E-state index contributed by atoms with van der Waals surface area (Å²) in [6.07, 6.45) is 12.4. The molecule has 5 aliphatic heterocycles. The fourth-order valence-electron chi connectivity index (χ4n) is 3.07. The Hall–Kier alpha value is -4.54. The van der Waals surface area contributed by atoms with Crippen molar-refractivity contribution in [3.63, 3.8) is 0 Å². The molecule has 11 heteroatoms. The Bertz CT molecular complexity index is 1240. The van der Waals surface area contributed by atoms with Crippen LogP contribution in [0, 0.1) is 0 Å². The topological polar surface area (TPSA) is 134 Å². The number of nitrogens with zero attached hydrogens (tertiary/aromatic N) is 5. The van der Waals surface area contributed by atoms with Crippen molar-refractivity contribution < 1.29 is 28.6 Å². The molecule has 8 rings (SSSR count). The van der Waals surface area contributed by atoms with Crippen LogP contribution < -0.4 is 0 Å². The van der Waals surface area contributed by atoms with Gasteiger partial charge in [0.25, 0.3) is 0 Å². The van der Waals surface area contributed by atoms with Gasteiger partial charge in [-0.05, 0) is 81.2 Å². The lowest BCUT2D eigenvalue weighted by molar-refractivity contribution is -0.150. The maximum atomic E-state index is 9.93. The predicted octanol–water partition coefficient (Wildman–Crippen LogP) is 10.6. The molecule has 2 aromatic carbocycles. The highest BCUT2D eigenvalue weighted by Gasteiger charge is 2.10. The van der Waals surface area contributed by atoms with E-state index in [1.165, 1.54) is 70.5 Å². The molecule has 0 aromatic heterocycles. The number of rotatable bonds is 1. The number of benzene rings is 2. The van der Waals surface area contributed by atoms with Crippen LogP contribution in [0.15, 0.2) is 90.6 Å². The fraction of sp³-hybridized carbons (Fsp3) is 0.533. The zero-order valence-electron chi connectivity index (χ0n) is 37.3. The summed E-state index contributed by atoms with van der Waals surface area (Å²) in [5.41, 5.74) is 11.6. The summed E-state index contributed by atoms with van der Waals surface area (Å²) in [4.78, 5) is 36.7. The zero-order chi connectivity index (χ0) is 43.8. The molecule has 0 atom stereocenters. The lowest BCUT2D eigenvalue weighted by Crippen LogP contribution is -2.32. The minimum absolute atomic E-state index is 0.227. The van der Waals surface area contributed by atoms with E-state index in [4.69, 9.17) is 10.3 Å². The number of aryl methyl sites for hydroxylation is 2. The molecular weight excluding hydrogens is 707 g/mol. The van der Waals surface area contributed by atoms with E-state index in [2.05, 4.69) is 74.2 Å². The molecule has 0 bridgehead atoms. The van der Waals surface area contributed by atoms with Crippen LogP contribution in [0.3, 0.4) is 0 Å². The van der Waals surface area contributed by atoms with E-state index in [9.17, 15) is 14.4 Å². The highest BCUT2D eigenvalue weighted by molar-refractivity contribution is 6.04. The highest BCUT2D eigenvalue weighted by atomic mass is 16.6. The Labute approximate surface area is 341 Å². The standard InChI is InChI=1S/2C8H8.C4H9N.C4H2O3.C4H4O2.C3H7N.C3H6O.5C2H6.CH3N3/c1-2-4-8-6-5-7(8)3-1;1-2-8-6-4-3-5-7-8;1-5-3-2-4-5;5-3-1-2-4(6)7-3;5-4-2-1-3-6-4;1-4-2-3-4;1-2-4-3-1;5*1-2;1-3-4-2/h1-4H,5-6H2;2-7H,1H2;2-4H2,1H3;1-2H;1-2H,3H2;2-3H2,1H3;1-3H2;5*1-2H3;1H3. The Morgan fingerprint density at radius 2 is 1.02 bits per heavy atom. The molecule has 11 nitrogen and oxygen atoms in total. The van der Waals surface area contributed by atoms with Crippen molar-refractivity contribution in [2.24, 2.45) is 5.11 Å². The summed E-state index contributed by atoms with van der Waals surface area (Å²) >= 11 is 0. The molecule has 3 fully saturated rings. The van der Waals surface area contributed by atoms with Gasteiger partial charge in [0.2, 0.25) is 0 Å². The fourth-order valence-corrected chi connectivity index (χ4v) is 3.07. The number of esters is 3. The van der Waals surface area contributed by atoms with Gasteiger partial charge >= 0.3 is 17.9 Å². The second-order valence-electron chi connectivity index (χ2n) is 10.2. The van der Waals surface area contributed by atoms with Crippen molar-refractivity contribution in [3.05, 3.63) is 113 Å². The van der Waals surface area contributed by atoms with Gasteiger partial charge in [-0.3, -0.25) is 0 Å². The van der Waals surface area contributed by atoms with Crippen LogP contribution in [-0.4, -0.2) is 94.9 Å². The number of carbonyl (C=O) groups excluding carboxylic acids is 3. The van der Waals surface area contributed by atoms with Crippen LogP contribution in [0.25, 0.3) is 16.5 Å². The van der Waals surface area contributed by atoms with E-state index in [0.29, 0.717) is 6.61 Å². The van der Waals surface area contributed by atoms with Gasteiger partial charge in [-0.1, -0.05) is 142 Å². The number of azide groups is 1. The largest absolute Gasteiger partial charge is 0.458 e. The first kappa shape index (κ1) is 60.7. The van der Waals surface area contributed by atoms with Gasteiger partial charge in [-0.25, -0.2) is 14.4 Å². The van der Waals surface area contributed by atoms with Crippen molar-refractivity contribution in [3.8, 4) is 0 Å². The number of carbonyl (C=O) groups is 3. The predicted molar refractivity (Wildman–Crippen MR) is 238 cm³/mol. The lowest BCUT2D eigenvalue weighted by Gasteiger charge is -2.24. The van der Waals surface area contributed by atoms with Crippen molar-refractivity contribution in [1.29, 1.82) is 0 Å². The molecular formula is C45H77N5O6. The molecule has 6 aliphatic rings. The molecule has 318 valence electrons. The number of hydrogen-bond acceptors (Lipinski definition) is 9. The molecule has 0 N–H and O–H groups in total. The first-order chi connectivity index (χ1) is 27.3. The summed E-state index contributed by atoms with van der Waals surface area (Å²) in [6.45, 7) is 31.4. The molecule has 56 heavy (non-hydrogen) atoms. The summed E-state index contributed by atoms with van der Waals surface area (Å²) < 4.78 is 13.1. The second-order valence-corrected chi connectivity index (χ2v) is 10.2. The van der Waals surface area contributed by atoms with Gasteiger partial charge in [0, 0.05) is 56.5 Å². The van der Waals surface area contributed by atoms with Crippen LogP contribution in [0.1, 0.15) is 98.8 Å². The lowest BCUT2D eigenvalue weighted by atomic mass is 9.89. The summed E-state index contributed by atoms with van der Waals surface area (Å²) in [5.74, 6) is -1.38. The summed E-state index contributed by atoms with van der Waals surface area (Å²) in [5, 5.41) is 2.92. The minimum Gasteiger partial charge on any atom is -0.458 e. The number of likely N-dealkylation sites (tertiary alicyclic amines) is 1. The van der Waals surface area contributed by atoms with Crippen LogP contribution in [0.4, 0.5) is 0 Å². The van der Waals surface area contributed by atoms with E-state index < -0.39 is 11.9 Å². The van der Waals surface area contributed by atoms with Crippen LogP contribution in [-0.2, 0) is 41.4 Å². The highest BCUT2D eigenvalue weighted by Crippen LogP contribution is 2.20. The molecule has 5 heterocycles. The summed E-state index contributed by atoms with van der Waals surface area (Å²) in [7, 11) is 5.64. The number of likely N-dealkylation sites (N-methyl/N-ethyl adjacent to an activating group) is 1. The SMILES string of the molecule is C1COC1.C=Cc1ccccc1.CC.CC.CC.CC.CC.CN1CC1.CN1CCC1.CN=[N+]=[N-].O=C1C=CC(=O)O1.O=C1C=CCO1.c1ccc2c(c1)CC2. The van der Waals surface area contributed by atoms with Crippen molar-refractivity contribution in [2.45, 2.75) is 94.9 Å². The summed E-state index contributed by atoms with van der Waals surface area (Å²) in [6, 6.07) is 18.7. The Morgan fingerprint density at radius 1 is 0.661 bits per heavy atom. The molecule has 0 unspecified atom stereocenters.